The first-order valence-electron chi connectivity index (χ1n) is 6.51. The second-order valence-corrected chi connectivity index (χ2v) is 4.40. The van der Waals surface area contributed by atoms with Crippen molar-refractivity contribution in [3.05, 3.63) is 36.0 Å². The fourth-order valence-electron chi connectivity index (χ4n) is 2.22. The first kappa shape index (κ1) is 12.7. The number of hydrogen-bond donors (Lipinski definition) is 1. The Labute approximate surface area is 108 Å². The van der Waals surface area contributed by atoms with Crippen LogP contribution in [0.2, 0.25) is 0 Å². The lowest BCUT2D eigenvalue weighted by molar-refractivity contribution is 0.674. The molecule has 0 aliphatic heterocycles. The van der Waals surface area contributed by atoms with Crippen molar-refractivity contribution in [3.8, 4) is 6.07 Å². The summed E-state index contributed by atoms with van der Waals surface area (Å²) >= 11 is 0. The Hall–Kier alpha value is -1.79. The van der Waals surface area contributed by atoms with Gasteiger partial charge < -0.3 is 9.88 Å². The Kier molecular flexibility index (Phi) is 4.38. The molecule has 3 heteroatoms. The van der Waals surface area contributed by atoms with E-state index in [-0.39, 0.29) is 0 Å². The fourth-order valence-corrected chi connectivity index (χ4v) is 2.22. The predicted molar refractivity (Wildman–Crippen MR) is 74.2 cm³/mol. The van der Waals surface area contributed by atoms with Crippen molar-refractivity contribution < 1.29 is 0 Å². The van der Waals surface area contributed by atoms with E-state index < -0.39 is 0 Å². The number of rotatable bonds is 6. The lowest BCUT2D eigenvalue weighted by Crippen LogP contribution is -2.11. The van der Waals surface area contributed by atoms with Gasteiger partial charge in [-0.1, -0.05) is 19.1 Å². The molecule has 2 aromatic rings. The molecule has 0 atom stereocenters. The van der Waals surface area contributed by atoms with Crippen LogP contribution in [-0.2, 0) is 13.1 Å². The number of unbranched alkanes of at least 4 members (excludes halogenated alkanes) is 1. The molecule has 0 amide bonds. The van der Waals surface area contributed by atoms with Crippen molar-refractivity contribution in [2.75, 3.05) is 6.54 Å². The van der Waals surface area contributed by atoms with Gasteiger partial charge in [0.15, 0.2) is 0 Å². The summed E-state index contributed by atoms with van der Waals surface area (Å²) in [7, 11) is 0. The minimum Gasteiger partial charge on any atom is -0.347 e. The smallest absolute Gasteiger partial charge is 0.0622 e. The van der Waals surface area contributed by atoms with E-state index in [0.29, 0.717) is 6.42 Å². The molecule has 2 rings (SSSR count). The number of nitrogens with zero attached hydrogens (tertiary/aromatic N) is 2. The third kappa shape index (κ3) is 2.72. The fraction of sp³-hybridized carbons (Fsp3) is 0.400. The molecule has 0 aliphatic carbocycles. The minimum absolute atomic E-state index is 0.622. The maximum Gasteiger partial charge on any atom is 0.0622 e. The first-order chi connectivity index (χ1) is 8.86. The molecule has 0 spiro atoms. The van der Waals surface area contributed by atoms with Gasteiger partial charge in [-0.05, 0) is 30.7 Å². The molecule has 0 bridgehead atoms. The van der Waals surface area contributed by atoms with Crippen LogP contribution in [0.1, 0.15) is 25.3 Å². The molecule has 94 valence electrons. The van der Waals surface area contributed by atoms with Crippen molar-refractivity contribution in [1.82, 2.24) is 9.88 Å². The highest BCUT2D eigenvalue weighted by Gasteiger charge is 2.04. The largest absolute Gasteiger partial charge is 0.347 e. The number of benzene rings is 1. The van der Waals surface area contributed by atoms with Crippen molar-refractivity contribution in [2.24, 2.45) is 0 Å². The van der Waals surface area contributed by atoms with Crippen LogP contribution in [0.3, 0.4) is 0 Å². The topological polar surface area (TPSA) is 40.8 Å². The Morgan fingerprint density at radius 3 is 3.00 bits per heavy atom. The third-order valence-corrected chi connectivity index (χ3v) is 3.16. The standard InChI is InChI=1S/C15H19N3/c1-2-17-12-13-6-5-7-15-14(13)8-11-18(15)10-4-3-9-16/h5-8,11,17H,2-4,10,12H2,1H3. The highest BCUT2D eigenvalue weighted by Crippen LogP contribution is 2.20. The molecule has 0 radical (unpaired) electrons. The molecule has 1 aromatic carbocycles. The molecule has 3 nitrogen and oxygen atoms in total. The molecule has 0 unspecified atom stereocenters. The molecule has 0 saturated carbocycles. The average Bonchev–Trinajstić information content (AvgIpc) is 2.81. The molecule has 1 aromatic heterocycles. The van der Waals surface area contributed by atoms with Gasteiger partial charge in [0.05, 0.1) is 6.07 Å². The zero-order valence-electron chi connectivity index (χ0n) is 10.8. The van der Waals surface area contributed by atoms with E-state index in [1.807, 2.05) is 0 Å². The van der Waals surface area contributed by atoms with Crippen molar-refractivity contribution in [2.45, 2.75) is 32.9 Å². The Morgan fingerprint density at radius 1 is 1.33 bits per heavy atom. The Bertz CT molecular complexity index is 548. The van der Waals surface area contributed by atoms with Gasteiger partial charge in [-0.15, -0.1) is 0 Å². The van der Waals surface area contributed by atoms with Gasteiger partial charge >= 0.3 is 0 Å². The maximum absolute atomic E-state index is 8.58. The van der Waals surface area contributed by atoms with Crippen LogP contribution in [-0.4, -0.2) is 11.1 Å². The summed E-state index contributed by atoms with van der Waals surface area (Å²) in [4.78, 5) is 0. The average molecular weight is 241 g/mol. The van der Waals surface area contributed by atoms with Gasteiger partial charge in [-0.3, -0.25) is 0 Å². The number of fused-ring (bicyclic) bond motifs is 1. The van der Waals surface area contributed by atoms with E-state index in [1.165, 1.54) is 16.5 Å². The summed E-state index contributed by atoms with van der Waals surface area (Å²) in [6, 6.07) is 10.8. The minimum atomic E-state index is 0.622. The van der Waals surface area contributed by atoms with Crippen LogP contribution in [0.5, 0.6) is 0 Å². The summed E-state index contributed by atoms with van der Waals surface area (Å²) < 4.78 is 2.24. The van der Waals surface area contributed by atoms with Crippen LogP contribution in [0.15, 0.2) is 30.5 Å². The van der Waals surface area contributed by atoms with E-state index in [9.17, 15) is 0 Å². The van der Waals surface area contributed by atoms with Gasteiger partial charge in [-0.2, -0.15) is 5.26 Å². The van der Waals surface area contributed by atoms with Crippen molar-refractivity contribution in [1.29, 1.82) is 5.26 Å². The Morgan fingerprint density at radius 2 is 2.22 bits per heavy atom. The zero-order chi connectivity index (χ0) is 12.8. The van der Waals surface area contributed by atoms with E-state index in [1.54, 1.807) is 0 Å². The first-order valence-corrected chi connectivity index (χ1v) is 6.51. The third-order valence-electron chi connectivity index (χ3n) is 3.16. The van der Waals surface area contributed by atoms with Gasteiger partial charge in [0, 0.05) is 36.6 Å². The van der Waals surface area contributed by atoms with Gasteiger partial charge in [0.1, 0.15) is 0 Å². The van der Waals surface area contributed by atoms with Crippen LogP contribution >= 0.6 is 0 Å². The maximum atomic E-state index is 8.58. The summed E-state index contributed by atoms with van der Waals surface area (Å²) in [6.07, 6.45) is 3.66. The number of aryl methyl sites for hydroxylation is 1. The Balaban J connectivity index is 2.22. The van der Waals surface area contributed by atoms with E-state index in [2.05, 4.69) is 53.3 Å². The second-order valence-electron chi connectivity index (χ2n) is 4.40. The van der Waals surface area contributed by atoms with E-state index >= 15 is 0 Å². The highest BCUT2D eigenvalue weighted by molar-refractivity contribution is 5.83. The highest BCUT2D eigenvalue weighted by atomic mass is 14.9. The molecular formula is C15H19N3. The monoisotopic (exact) mass is 241 g/mol. The van der Waals surface area contributed by atoms with Crippen LogP contribution in [0, 0.1) is 11.3 Å². The molecule has 18 heavy (non-hydrogen) atoms. The lowest BCUT2D eigenvalue weighted by atomic mass is 10.1. The summed E-state index contributed by atoms with van der Waals surface area (Å²) in [5, 5.41) is 13.3. The van der Waals surface area contributed by atoms with Gasteiger partial charge in [0.2, 0.25) is 0 Å². The van der Waals surface area contributed by atoms with Gasteiger partial charge in [0.25, 0.3) is 0 Å². The molecule has 0 fully saturated rings. The lowest BCUT2D eigenvalue weighted by Gasteiger charge is -2.06. The van der Waals surface area contributed by atoms with E-state index in [4.69, 9.17) is 5.26 Å². The van der Waals surface area contributed by atoms with E-state index in [0.717, 1.165) is 26.1 Å². The molecule has 1 N–H and O–H groups in total. The summed E-state index contributed by atoms with van der Waals surface area (Å²) in [5.41, 5.74) is 2.61. The zero-order valence-corrected chi connectivity index (χ0v) is 10.8. The molecule has 0 saturated heterocycles. The normalized spacial score (nSPS) is 10.7. The SMILES string of the molecule is CCNCc1cccc2c1ccn2CCCC#N. The number of nitrogens with one attached hydrogen (secondary N) is 1. The summed E-state index contributed by atoms with van der Waals surface area (Å²) in [6.45, 7) is 4.93. The van der Waals surface area contributed by atoms with Crippen LogP contribution < -0.4 is 5.32 Å². The summed E-state index contributed by atoms with van der Waals surface area (Å²) in [5.74, 6) is 0. The number of aromatic nitrogens is 1. The van der Waals surface area contributed by atoms with Crippen LogP contribution in [0.25, 0.3) is 10.9 Å². The van der Waals surface area contributed by atoms with Crippen molar-refractivity contribution >= 4 is 10.9 Å². The molecule has 0 aliphatic rings. The van der Waals surface area contributed by atoms with Crippen molar-refractivity contribution in [3.63, 3.8) is 0 Å². The van der Waals surface area contributed by atoms with Crippen LogP contribution in [0.4, 0.5) is 0 Å². The molecule has 1 heterocycles. The molecular weight excluding hydrogens is 222 g/mol. The quantitative estimate of drug-likeness (QED) is 0.790. The van der Waals surface area contributed by atoms with Gasteiger partial charge in [-0.25, -0.2) is 0 Å². The number of hydrogen-bond acceptors (Lipinski definition) is 2. The number of nitriles is 1. The predicted octanol–water partition coefficient (Wildman–Crippen LogP) is 3.05. The second kappa shape index (κ2) is 6.23.